The molecule has 1 aromatic rings. The van der Waals surface area contributed by atoms with Crippen LogP contribution in [0.4, 0.5) is 5.82 Å². The Morgan fingerprint density at radius 3 is 3.07 bits per heavy atom. The third-order valence-corrected chi connectivity index (χ3v) is 2.44. The van der Waals surface area contributed by atoms with Gasteiger partial charge < -0.3 is 10.1 Å². The number of nitrogens with one attached hydrogen (secondary N) is 1. The molecule has 1 N–H and O–H groups in total. The van der Waals surface area contributed by atoms with E-state index in [4.69, 9.17) is 27.9 Å². The van der Waals surface area contributed by atoms with Crippen LogP contribution in [0.1, 0.15) is 6.42 Å². The van der Waals surface area contributed by atoms with Crippen LogP contribution in [0.5, 0.6) is 0 Å². The van der Waals surface area contributed by atoms with Crippen molar-refractivity contribution in [2.75, 3.05) is 18.5 Å². The van der Waals surface area contributed by atoms with Crippen LogP contribution in [-0.4, -0.2) is 29.2 Å². The number of hydrogen-bond donors (Lipinski definition) is 1. The summed E-state index contributed by atoms with van der Waals surface area (Å²) in [5, 5.41) is 3.82. The monoisotopic (exact) mass is 233 g/mol. The van der Waals surface area contributed by atoms with Gasteiger partial charge in [-0.15, -0.1) is 0 Å². The van der Waals surface area contributed by atoms with Gasteiger partial charge in [-0.1, -0.05) is 11.6 Å². The van der Waals surface area contributed by atoms with E-state index in [1.807, 2.05) is 0 Å². The molecule has 4 nitrogen and oxygen atoms in total. The fourth-order valence-corrected chi connectivity index (χ4v) is 1.57. The summed E-state index contributed by atoms with van der Waals surface area (Å²) in [6, 6.07) is 0.262. The summed E-state index contributed by atoms with van der Waals surface area (Å²) in [4.78, 5) is 7.76. The lowest BCUT2D eigenvalue weighted by Gasteiger charge is -2.11. The molecule has 0 spiro atoms. The highest BCUT2D eigenvalue weighted by Gasteiger charge is 2.17. The minimum Gasteiger partial charge on any atom is -0.379 e. The molecular formula is C8H9Cl2N3O. The molecule has 0 amide bonds. The lowest BCUT2D eigenvalue weighted by molar-refractivity contribution is 0.195. The van der Waals surface area contributed by atoms with Crippen LogP contribution in [0, 0.1) is 0 Å². The summed E-state index contributed by atoms with van der Waals surface area (Å²) in [6.07, 6.45) is 2.44. The minimum absolute atomic E-state index is 0.191. The summed E-state index contributed by atoms with van der Waals surface area (Å²) in [7, 11) is 0. The van der Waals surface area contributed by atoms with Gasteiger partial charge in [0.25, 0.3) is 0 Å². The van der Waals surface area contributed by atoms with E-state index in [0.717, 1.165) is 13.0 Å². The van der Waals surface area contributed by atoms with E-state index >= 15 is 0 Å². The van der Waals surface area contributed by atoms with E-state index in [0.29, 0.717) is 17.4 Å². The Kier molecular flexibility index (Phi) is 3.05. The molecule has 0 aromatic carbocycles. The molecule has 1 saturated heterocycles. The minimum atomic E-state index is 0.191. The number of anilines is 1. The van der Waals surface area contributed by atoms with Crippen molar-refractivity contribution in [3.05, 3.63) is 16.5 Å². The first-order valence-electron chi connectivity index (χ1n) is 4.28. The zero-order valence-corrected chi connectivity index (χ0v) is 8.85. The molecule has 0 saturated carbocycles. The van der Waals surface area contributed by atoms with Gasteiger partial charge in [-0.25, -0.2) is 4.98 Å². The highest BCUT2D eigenvalue weighted by Crippen LogP contribution is 2.21. The number of halogens is 2. The van der Waals surface area contributed by atoms with Crippen molar-refractivity contribution >= 4 is 29.0 Å². The molecule has 14 heavy (non-hydrogen) atoms. The third kappa shape index (κ3) is 2.26. The van der Waals surface area contributed by atoms with Crippen molar-refractivity contribution in [1.82, 2.24) is 9.97 Å². The maximum atomic E-state index is 5.89. The van der Waals surface area contributed by atoms with Gasteiger partial charge in [0.1, 0.15) is 10.8 Å². The molecule has 0 aliphatic carbocycles. The second-order valence-electron chi connectivity index (χ2n) is 3.04. The lowest BCUT2D eigenvalue weighted by Crippen LogP contribution is -2.20. The van der Waals surface area contributed by atoms with Crippen LogP contribution >= 0.6 is 23.2 Å². The van der Waals surface area contributed by atoms with Gasteiger partial charge in [0, 0.05) is 6.61 Å². The maximum absolute atomic E-state index is 5.89. The molecular weight excluding hydrogens is 225 g/mol. The van der Waals surface area contributed by atoms with E-state index in [1.54, 1.807) is 0 Å². The average molecular weight is 234 g/mol. The van der Waals surface area contributed by atoms with Crippen LogP contribution < -0.4 is 5.32 Å². The number of aromatic nitrogens is 2. The van der Waals surface area contributed by atoms with Crippen molar-refractivity contribution in [3.8, 4) is 0 Å². The van der Waals surface area contributed by atoms with Crippen LogP contribution in [0.2, 0.25) is 10.3 Å². The second-order valence-corrected chi connectivity index (χ2v) is 3.79. The molecule has 1 unspecified atom stereocenters. The van der Waals surface area contributed by atoms with Gasteiger partial charge in [-0.2, -0.15) is 4.98 Å². The fraction of sp³-hybridized carbons (Fsp3) is 0.500. The maximum Gasteiger partial charge on any atom is 0.224 e. The zero-order chi connectivity index (χ0) is 9.97. The molecule has 1 fully saturated rings. The topological polar surface area (TPSA) is 47.0 Å². The highest BCUT2D eigenvalue weighted by atomic mass is 35.5. The molecule has 1 atom stereocenters. The predicted molar refractivity (Wildman–Crippen MR) is 54.9 cm³/mol. The van der Waals surface area contributed by atoms with Crippen molar-refractivity contribution in [1.29, 1.82) is 0 Å². The van der Waals surface area contributed by atoms with Crippen molar-refractivity contribution in [2.45, 2.75) is 12.5 Å². The molecule has 76 valence electrons. The lowest BCUT2D eigenvalue weighted by atomic mass is 10.2. The molecule has 0 radical (unpaired) electrons. The number of ether oxygens (including phenoxy) is 1. The first-order valence-corrected chi connectivity index (χ1v) is 5.03. The average Bonchev–Trinajstić information content (AvgIpc) is 2.64. The Labute approximate surface area is 91.6 Å². The second kappa shape index (κ2) is 4.29. The Balaban J connectivity index is 2.10. The number of hydrogen-bond acceptors (Lipinski definition) is 4. The summed E-state index contributed by atoms with van der Waals surface area (Å²) < 4.78 is 5.22. The first kappa shape index (κ1) is 9.96. The largest absolute Gasteiger partial charge is 0.379 e. The van der Waals surface area contributed by atoms with Gasteiger partial charge in [-0.3, -0.25) is 0 Å². The Morgan fingerprint density at radius 1 is 1.50 bits per heavy atom. The summed E-state index contributed by atoms with van der Waals surface area (Å²) >= 11 is 11.5. The van der Waals surface area contributed by atoms with Crippen molar-refractivity contribution in [2.24, 2.45) is 0 Å². The number of nitrogens with zero attached hydrogens (tertiary/aromatic N) is 2. The van der Waals surface area contributed by atoms with Crippen molar-refractivity contribution < 1.29 is 4.74 Å². The molecule has 2 heterocycles. The van der Waals surface area contributed by atoms with Gasteiger partial charge in [0.05, 0.1) is 18.8 Å². The number of rotatable bonds is 2. The standard InChI is InChI=1S/C8H9Cl2N3O/c9-6-3-11-8(10)13-7(6)12-5-1-2-14-4-5/h3,5H,1-2,4H2,(H,11,12,13). The Morgan fingerprint density at radius 2 is 2.36 bits per heavy atom. The molecule has 1 aliphatic rings. The van der Waals surface area contributed by atoms with Gasteiger partial charge in [0.2, 0.25) is 5.28 Å². The van der Waals surface area contributed by atoms with Gasteiger partial charge in [0.15, 0.2) is 0 Å². The Bertz CT molecular complexity index is 328. The van der Waals surface area contributed by atoms with Crippen molar-refractivity contribution in [3.63, 3.8) is 0 Å². The van der Waals surface area contributed by atoms with E-state index in [1.165, 1.54) is 6.20 Å². The van der Waals surface area contributed by atoms with E-state index in [9.17, 15) is 0 Å². The molecule has 1 aliphatic heterocycles. The van der Waals surface area contributed by atoms with Crippen LogP contribution in [0.3, 0.4) is 0 Å². The predicted octanol–water partition coefficient (Wildman–Crippen LogP) is 1.98. The quantitative estimate of drug-likeness (QED) is 0.795. The molecule has 2 rings (SSSR count). The summed E-state index contributed by atoms with van der Waals surface area (Å²) in [6.45, 7) is 1.45. The molecule has 1 aromatic heterocycles. The van der Waals surface area contributed by atoms with E-state index < -0.39 is 0 Å². The first-order chi connectivity index (χ1) is 6.75. The summed E-state index contributed by atoms with van der Waals surface area (Å²) in [5.74, 6) is 0.571. The normalized spacial score (nSPS) is 21.1. The van der Waals surface area contributed by atoms with E-state index in [-0.39, 0.29) is 11.3 Å². The molecule has 6 heteroatoms. The van der Waals surface area contributed by atoms with Crippen LogP contribution in [0.15, 0.2) is 6.20 Å². The van der Waals surface area contributed by atoms with Crippen LogP contribution in [0.25, 0.3) is 0 Å². The summed E-state index contributed by atoms with van der Waals surface area (Å²) in [5.41, 5.74) is 0. The smallest absolute Gasteiger partial charge is 0.224 e. The van der Waals surface area contributed by atoms with Crippen LogP contribution in [-0.2, 0) is 4.74 Å². The fourth-order valence-electron chi connectivity index (χ4n) is 1.29. The highest BCUT2D eigenvalue weighted by molar-refractivity contribution is 6.33. The zero-order valence-electron chi connectivity index (χ0n) is 7.33. The van der Waals surface area contributed by atoms with Gasteiger partial charge in [-0.05, 0) is 18.0 Å². The Hall–Kier alpha value is -0.580. The van der Waals surface area contributed by atoms with Gasteiger partial charge >= 0.3 is 0 Å². The molecule has 0 bridgehead atoms. The van der Waals surface area contributed by atoms with E-state index in [2.05, 4.69) is 15.3 Å². The SMILES string of the molecule is Clc1ncc(Cl)c(NC2CCOC2)n1. The third-order valence-electron chi connectivity index (χ3n) is 1.99.